The lowest BCUT2D eigenvalue weighted by atomic mass is 9.58. The van der Waals surface area contributed by atoms with Crippen LogP contribution in [0.1, 0.15) is 61.3 Å². The molecule has 25 heavy (non-hydrogen) atoms. The van der Waals surface area contributed by atoms with Gasteiger partial charge in [0.25, 0.3) is 0 Å². The Bertz CT molecular complexity index is 582. The maximum atomic E-state index is 11.3. The fourth-order valence-corrected chi connectivity index (χ4v) is 4.69. The molecule has 6 atom stereocenters. The predicted octanol–water partition coefficient (Wildman–Crippen LogP) is 5.37. The normalized spacial score (nSPS) is 34.8. The molecular formula is C21H35O3P. The molecule has 0 aliphatic heterocycles. The van der Waals surface area contributed by atoms with E-state index < -0.39 is 9.03 Å². The van der Waals surface area contributed by atoms with Crippen LogP contribution in [0.25, 0.3) is 0 Å². The number of aliphatic hydroxyl groups is 1. The van der Waals surface area contributed by atoms with Crippen LogP contribution >= 0.6 is 9.03 Å². The summed E-state index contributed by atoms with van der Waals surface area (Å²) in [4.78, 5) is 9.21. The summed E-state index contributed by atoms with van der Waals surface area (Å²) in [5.41, 5.74) is 3.82. The molecule has 0 heterocycles. The molecule has 0 saturated heterocycles. The van der Waals surface area contributed by atoms with E-state index in [-0.39, 0.29) is 23.4 Å². The van der Waals surface area contributed by atoms with E-state index in [0.29, 0.717) is 11.8 Å². The van der Waals surface area contributed by atoms with Crippen LogP contribution in [-0.4, -0.2) is 16.1 Å². The van der Waals surface area contributed by atoms with Crippen molar-refractivity contribution < 1.29 is 14.5 Å². The second-order valence-electron chi connectivity index (χ2n) is 9.07. The highest BCUT2D eigenvalue weighted by Gasteiger charge is 2.46. The van der Waals surface area contributed by atoms with Gasteiger partial charge in [0.1, 0.15) is 5.76 Å². The van der Waals surface area contributed by atoms with Crippen molar-refractivity contribution in [2.45, 2.75) is 67.4 Å². The standard InChI is InChI=1S/C21H35O3P/c1-12-8-9-16(24-25-23)11-17(14(12)3)19-15(4)13(2)10-18(20(19)22)21(5,6)7/h9,11,13,15,18-20,22-23,25H,8,10H2,1-7H3/t13?,15-,18?,19?,20?/m1/s1. The molecule has 0 bridgehead atoms. The van der Waals surface area contributed by atoms with Crippen LogP contribution in [0.15, 0.2) is 34.6 Å². The van der Waals surface area contributed by atoms with Crippen molar-refractivity contribution in [3.05, 3.63) is 34.6 Å². The highest BCUT2D eigenvalue weighted by atomic mass is 31.1. The van der Waals surface area contributed by atoms with Gasteiger partial charge in [-0.15, -0.1) is 0 Å². The average Bonchev–Trinajstić information content (AvgIpc) is 2.65. The average molecular weight is 366 g/mol. The molecule has 4 heteroatoms. The van der Waals surface area contributed by atoms with Gasteiger partial charge >= 0.3 is 0 Å². The topological polar surface area (TPSA) is 49.7 Å². The van der Waals surface area contributed by atoms with Crippen molar-refractivity contribution >= 4 is 9.03 Å². The summed E-state index contributed by atoms with van der Waals surface area (Å²) in [5.74, 6) is 2.04. The van der Waals surface area contributed by atoms with Crippen LogP contribution in [0.3, 0.4) is 0 Å². The van der Waals surface area contributed by atoms with E-state index in [9.17, 15) is 10.00 Å². The minimum atomic E-state index is -0.556. The van der Waals surface area contributed by atoms with Crippen molar-refractivity contribution in [2.75, 3.05) is 0 Å². The lowest BCUT2D eigenvalue weighted by Crippen LogP contribution is -2.47. The van der Waals surface area contributed by atoms with Crippen LogP contribution in [0, 0.1) is 29.1 Å². The molecule has 142 valence electrons. The third-order valence-corrected chi connectivity index (χ3v) is 6.81. The molecule has 0 aromatic heterocycles. The van der Waals surface area contributed by atoms with Crippen molar-refractivity contribution in [2.24, 2.45) is 29.1 Å². The summed E-state index contributed by atoms with van der Waals surface area (Å²) in [6.07, 6.45) is 5.60. The zero-order chi connectivity index (χ0) is 18.9. The first-order chi connectivity index (χ1) is 11.6. The maximum Gasteiger partial charge on any atom is 0.212 e. The fourth-order valence-electron chi connectivity index (χ4n) is 4.45. The summed E-state index contributed by atoms with van der Waals surface area (Å²) in [5, 5.41) is 11.3. The minimum absolute atomic E-state index is 0.0751. The summed E-state index contributed by atoms with van der Waals surface area (Å²) in [6, 6.07) is 0. The van der Waals surface area contributed by atoms with Crippen LogP contribution in [0.2, 0.25) is 0 Å². The molecule has 0 aromatic rings. The first kappa shape index (κ1) is 20.7. The van der Waals surface area contributed by atoms with Gasteiger partial charge < -0.3 is 14.5 Å². The SMILES string of the molecule is CC1=C(C)C(C2C(O)C(C(C)(C)C)CC(C)[C@H]2C)=CC(OPO)=CC1. The number of hydrogen-bond donors (Lipinski definition) is 2. The molecule has 2 rings (SSSR count). The number of rotatable bonds is 3. The van der Waals surface area contributed by atoms with Gasteiger partial charge in [-0.3, -0.25) is 0 Å². The second-order valence-corrected chi connectivity index (χ2v) is 9.46. The van der Waals surface area contributed by atoms with Crippen LogP contribution in [0.4, 0.5) is 0 Å². The van der Waals surface area contributed by atoms with Gasteiger partial charge in [0.2, 0.25) is 9.03 Å². The Hall–Kier alpha value is -0.630. The monoisotopic (exact) mass is 366 g/mol. The van der Waals surface area contributed by atoms with E-state index in [2.05, 4.69) is 54.5 Å². The van der Waals surface area contributed by atoms with E-state index in [4.69, 9.17) is 4.52 Å². The van der Waals surface area contributed by atoms with Crippen LogP contribution in [-0.2, 0) is 4.52 Å². The molecule has 1 saturated carbocycles. The van der Waals surface area contributed by atoms with Gasteiger partial charge in [-0.2, -0.15) is 0 Å². The third kappa shape index (κ3) is 4.38. The molecule has 5 unspecified atom stereocenters. The Labute approximate surface area is 155 Å². The minimum Gasteiger partial charge on any atom is -0.450 e. The van der Waals surface area contributed by atoms with Crippen molar-refractivity contribution in [1.29, 1.82) is 0 Å². The van der Waals surface area contributed by atoms with E-state index in [1.165, 1.54) is 16.7 Å². The summed E-state index contributed by atoms with van der Waals surface area (Å²) < 4.78 is 5.43. The summed E-state index contributed by atoms with van der Waals surface area (Å²) >= 11 is 0. The molecule has 2 aliphatic rings. The Balaban J connectivity index is 2.50. The van der Waals surface area contributed by atoms with Gasteiger partial charge in [0.05, 0.1) is 6.10 Å². The molecule has 2 aliphatic carbocycles. The largest absolute Gasteiger partial charge is 0.450 e. The zero-order valence-corrected chi connectivity index (χ0v) is 17.8. The van der Waals surface area contributed by atoms with E-state index in [1.807, 2.05) is 6.08 Å². The Morgan fingerprint density at radius 1 is 1.20 bits per heavy atom. The quantitative estimate of drug-likeness (QED) is 0.660. The van der Waals surface area contributed by atoms with Gasteiger partial charge in [0.15, 0.2) is 0 Å². The lowest BCUT2D eigenvalue weighted by molar-refractivity contribution is -0.0590. The smallest absolute Gasteiger partial charge is 0.212 e. The van der Waals surface area contributed by atoms with Crippen molar-refractivity contribution in [3.63, 3.8) is 0 Å². The Morgan fingerprint density at radius 2 is 1.84 bits per heavy atom. The highest BCUT2D eigenvalue weighted by molar-refractivity contribution is 7.25. The van der Waals surface area contributed by atoms with Crippen LogP contribution < -0.4 is 0 Å². The predicted molar refractivity (Wildman–Crippen MR) is 106 cm³/mol. The number of aliphatic hydroxyl groups excluding tert-OH is 1. The van der Waals surface area contributed by atoms with Crippen molar-refractivity contribution in [1.82, 2.24) is 0 Å². The van der Waals surface area contributed by atoms with Gasteiger partial charge in [-0.05, 0) is 73.2 Å². The van der Waals surface area contributed by atoms with E-state index >= 15 is 0 Å². The lowest BCUT2D eigenvalue weighted by Gasteiger charge is -2.49. The molecule has 0 amide bonds. The van der Waals surface area contributed by atoms with E-state index in [1.54, 1.807) is 0 Å². The molecule has 0 spiro atoms. The first-order valence-electron chi connectivity index (χ1n) is 9.40. The van der Waals surface area contributed by atoms with E-state index in [0.717, 1.165) is 18.6 Å². The Kier molecular flexibility index (Phi) is 6.57. The van der Waals surface area contributed by atoms with Gasteiger partial charge in [-0.1, -0.05) is 40.2 Å². The maximum absolute atomic E-state index is 11.3. The molecule has 3 nitrogen and oxygen atoms in total. The second kappa shape index (κ2) is 7.94. The van der Waals surface area contributed by atoms with Gasteiger partial charge in [0, 0.05) is 5.92 Å². The third-order valence-electron chi connectivity index (χ3n) is 6.49. The summed E-state index contributed by atoms with van der Waals surface area (Å²) in [6.45, 7) is 15.6. The molecule has 0 aromatic carbocycles. The van der Waals surface area contributed by atoms with Crippen LogP contribution in [0.5, 0.6) is 0 Å². The molecule has 1 fully saturated rings. The molecular weight excluding hydrogens is 331 g/mol. The zero-order valence-electron chi connectivity index (χ0n) is 16.8. The van der Waals surface area contributed by atoms with Gasteiger partial charge in [-0.25, -0.2) is 0 Å². The van der Waals surface area contributed by atoms with Crippen molar-refractivity contribution in [3.8, 4) is 0 Å². The highest BCUT2D eigenvalue weighted by Crippen LogP contribution is 2.49. The molecule has 0 radical (unpaired) electrons. The fraction of sp³-hybridized carbons (Fsp3) is 0.714. The number of allylic oxidation sites excluding steroid dienone is 4. The summed E-state index contributed by atoms with van der Waals surface area (Å²) in [7, 11) is -0.556. The Morgan fingerprint density at radius 3 is 2.40 bits per heavy atom. The molecule has 2 N–H and O–H groups in total. The number of hydrogen-bond acceptors (Lipinski definition) is 3. The first-order valence-corrected chi connectivity index (χ1v) is 10.3.